The normalized spacial score (nSPS) is 18.7. The minimum atomic E-state index is -1.26. The third-order valence-corrected chi connectivity index (χ3v) is 4.88. The first-order chi connectivity index (χ1) is 11.7. The van der Waals surface area contributed by atoms with Crippen molar-refractivity contribution >= 4 is 0 Å². The van der Waals surface area contributed by atoms with Crippen molar-refractivity contribution in [3.63, 3.8) is 0 Å². The molecule has 124 valence electrons. The monoisotopic (exact) mass is 319 g/mol. The Morgan fingerprint density at radius 2 is 1.58 bits per heavy atom. The van der Waals surface area contributed by atoms with E-state index in [0.717, 1.165) is 17.7 Å². The summed E-state index contributed by atoms with van der Waals surface area (Å²) in [7, 11) is 0. The zero-order valence-corrected chi connectivity index (χ0v) is 14.3. The van der Waals surface area contributed by atoms with E-state index in [1.54, 1.807) is 0 Å². The molecular formula is C22H25NO. The maximum atomic E-state index is 11.4. The molecule has 1 fully saturated rings. The largest absolute Gasteiger partial charge is 0.369 e. The van der Waals surface area contributed by atoms with E-state index in [2.05, 4.69) is 23.7 Å². The van der Waals surface area contributed by atoms with Gasteiger partial charge in [0.15, 0.2) is 5.60 Å². The van der Waals surface area contributed by atoms with Gasteiger partial charge in [-0.05, 0) is 26.3 Å². The van der Waals surface area contributed by atoms with Crippen LogP contribution in [0.1, 0.15) is 37.3 Å². The number of hydrogen-bond donors (Lipinski definition) is 1. The molecule has 24 heavy (non-hydrogen) atoms. The highest BCUT2D eigenvalue weighted by Gasteiger charge is 2.29. The van der Waals surface area contributed by atoms with Crippen LogP contribution in [0.15, 0.2) is 60.7 Å². The Kier molecular flexibility index (Phi) is 5.35. The van der Waals surface area contributed by atoms with Gasteiger partial charge < -0.3 is 5.11 Å². The van der Waals surface area contributed by atoms with Crippen LogP contribution in [-0.2, 0) is 5.60 Å². The molecule has 0 saturated carbocycles. The number of rotatable bonds is 3. The first-order valence-corrected chi connectivity index (χ1v) is 8.77. The molecule has 1 N–H and O–H groups in total. The minimum absolute atomic E-state index is 0.578. The molecule has 1 heterocycles. The van der Waals surface area contributed by atoms with Crippen LogP contribution in [0.25, 0.3) is 0 Å². The summed E-state index contributed by atoms with van der Waals surface area (Å²) in [6.07, 6.45) is 3.79. The highest BCUT2D eigenvalue weighted by molar-refractivity contribution is 5.44. The number of benzene rings is 2. The molecule has 1 atom stereocenters. The summed E-state index contributed by atoms with van der Waals surface area (Å²) < 4.78 is 0. The number of hydrogen-bond acceptors (Lipinski definition) is 2. The maximum absolute atomic E-state index is 11.4. The Morgan fingerprint density at radius 1 is 1.00 bits per heavy atom. The predicted octanol–water partition coefficient (Wildman–Crippen LogP) is 3.80. The van der Waals surface area contributed by atoms with E-state index < -0.39 is 5.60 Å². The van der Waals surface area contributed by atoms with Crippen molar-refractivity contribution in [2.24, 2.45) is 0 Å². The van der Waals surface area contributed by atoms with Crippen molar-refractivity contribution < 1.29 is 5.11 Å². The Morgan fingerprint density at radius 3 is 2.12 bits per heavy atom. The molecule has 2 aromatic carbocycles. The molecular weight excluding hydrogens is 294 g/mol. The lowest BCUT2D eigenvalue weighted by Crippen LogP contribution is -2.37. The smallest absolute Gasteiger partial charge is 0.176 e. The summed E-state index contributed by atoms with van der Waals surface area (Å²) in [5.74, 6) is 6.41. The SMILES string of the molecule is CC1CCCCN1CC#CC(O)(c1ccccc1)c1ccccc1. The van der Waals surface area contributed by atoms with Crippen molar-refractivity contribution in [2.45, 2.75) is 37.8 Å². The summed E-state index contributed by atoms with van der Waals surface area (Å²) in [5.41, 5.74) is 0.368. The van der Waals surface area contributed by atoms with Crippen LogP contribution in [-0.4, -0.2) is 29.1 Å². The topological polar surface area (TPSA) is 23.5 Å². The van der Waals surface area contributed by atoms with Crippen LogP contribution in [0.4, 0.5) is 0 Å². The zero-order chi connectivity index (χ0) is 16.8. The number of nitrogens with zero attached hydrogens (tertiary/aromatic N) is 1. The van der Waals surface area contributed by atoms with E-state index in [0.29, 0.717) is 12.6 Å². The number of piperidine rings is 1. The molecule has 1 saturated heterocycles. The van der Waals surface area contributed by atoms with Crippen LogP contribution < -0.4 is 0 Å². The molecule has 2 nitrogen and oxygen atoms in total. The lowest BCUT2D eigenvalue weighted by atomic mass is 9.87. The number of aliphatic hydroxyl groups is 1. The van der Waals surface area contributed by atoms with Gasteiger partial charge in [-0.1, -0.05) is 78.9 Å². The quantitative estimate of drug-likeness (QED) is 0.870. The van der Waals surface area contributed by atoms with Gasteiger partial charge in [-0.3, -0.25) is 4.90 Å². The summed E-state index contributed by atoms with van der Waals surface area (Å²) in [6.45, 7) is 4.08. The molecule has 2 heteroatoms. The molecule has 3 rings (SSSR count). The van der Waals surface area contributed by atoms with Gasteiger partial charge in [0.05, 0.1) is 6.54 Å². The fourth-order valence-electron chi connectivity index (χ4n) is 3.33. The lowest BCUT2D eigenvalue weighted by Gasteiger charge is -2.31. The molecule has 1 unspecified atom stereocenters. The van der Waals surface area contributed by atoms with E-state index in [4.69, 9.17) is 0 Å². The highest BCUT2D eigenvalue weighted by atomic mass is 16.3. The summed E-state index contributed by atoms with van der Waals surface area (Å²) in [4.78, 5) is 2.41. The molecule has 0 aromatic heterocycles. The van der Waals surface area contributed by atoms with Crippen LogP contribution in [0.3, 0.4) is 0 Å². The molecule has 2 aromatic rings. The highest BCUT2D eigenvalue weighted by Crippen LogP contribution is 2.28. The average molecular weight is 319 g/mol. The van der Waals surface area contributed by atoms with Crippen LogP contribution >= 0.6 is 0 Å². The molecule has 0 aliphatic carbocycles. The molecule has 0 spiro atoms. The first-order valence-electron chi connectivity index (χ1n) is 8.77. The van der Waals surface area contributed by atoms with Crippen molar-refractivity contribution in [2.75, 3.05) is 13.1 Å². The summed E-state index contributed by atoms with van der Waals surface area (Å²) >= 11 is 0. The fourth-order valence-corrected chi connectivity index (χ4v) is 3.33. The fraction of sp³-hybridized carbons (Fsp3) is 0.364. The third-order valence-electron chi connectivity index (χ3n) is 4.88. The van der Waals surface area contributed by atoms with Gasteiger partial charge in [0, 0.05) is 17.2 Å². The van der Waals surface area contributed by atoms with Gasteiger partial charge in [-0.25, -0.2) is 0 Å². The summed E-state index contributed by atoms with van der Waals surface area (Å²) in [5, 5.41) is 11.4. The van der Waals surface area contributed by atoms with E-state index in [-0.39, 0.29) is 0 Å². The second kappa shape index (κ2) is 7.66. The Bertz CT molecular complexity index is 659. The standard InChI is InChI=1S/C22H25NO/c1-19-11-8-9-17-23(19)18-10-16-22(24,20-12-4-2-5-13-20)21-14-6-3-7-15-21/h2-7,12-15,19,24H,8-9,11,17-18H2,1H3. The second-order valence-electron chi connectivity index (χ2n) is 6.56. The average Bonchev–Trinajstić information content (AvgIpc) is 2.64. The Hall–Kier alpha value is -2.08. The van der Waals surface area contributed by atoms with Gasteiger partial charge in [-0.2, -0.15) is 0 Å². The van der Waals surface area contributed by atoms with Crippen LogP contribution in [0.5, 0.6) is 0 Å². The molecule has 0 amide bonds. The van der Waals surface area contributed by atoms with Crippen molar-refractivity contribution in [3.8, 4) is 11.8 Å². The van der Waals surface area contributed by atoms with E-state index in [1.165, 1.54) is 19.3 Å². The van der Waals surface area contributed by atoms with Gasteiger partial charge in [0.25, 0.3) is 0 Å². The molecule has 1 aliphatic heterocycles. The first kappa shape index (κ1) is 16.8. The van der Waals surface area contributed by atoms with Crippen LogP contribution in [0.2, 0.25) is 0 Å². The Balaban J connectivity index is 1.88. The van der Waals surface area contributed by atoms with E-state index in [9.17, 15) is 5.11 Å². The van der Waals surface area contributed by atoms with Crippen molar-refractivity contribution in [3.05, 3.63) is 71.8 Å². The van der Waals surface area contributed by atoms with Crippen molar-refractivity contribution in [1.82, 2.24) is 4.90 Å². The number of likely N-dealkylation sites (tertiary alicyclic amines) is 1. The molecule has 0 radical (unpaired) electrons. The third kappa shape index (κ3) is 3.70. The Labute approximate surface area is 145 Å². The van der Waals surface area contributed by atoms with Crippen molar-refractivity contribution in [1.29, 1.82) is 0 Å². The second-order valence-corrected chi connectivity index (χ2v) is 6.56. The van der Waals surface area contributed by atoms with Gasteiger partial charge in [0.1, 0.15) is 0 Å². The van der Waals surface area contributed by atoms with Crippen LogP contribution in [0, 0.1) is 11.8 Å². The molecule has 0 bridgehead atoms. The molecule has 1 aliphatic rings. The summed E-state index contributed by atoms with van der Waals surface area (Å²) in [6, 6.07) is 20.0. The zero-order valence-electron chi connectivity index (χ0n) is 14.3. The van der Waals surface area contributed by atoms with Gasteiger partial charge >= 0.3 is 0 Å². The predicted molar refractivity (Wildman–Crippen MR) is 98.5 cm³/mol. The van der Waals surface area contributed by atoms with Gasteiger partial charge in [-0.15, -0.1) is 0 Å². The van der Waals surface area contributed by atoms with E-state index in [1.807, 2.05) is 60.7 Å². The van der Waals surface area contributed by atoms with E-state index >= 15 is 0 Å². The minimum Gasteiger partial charge on any atom is -0.369 e. The lowest BCUT2D eigenvalue weighted by molar-refractivity contribution is 0.144. The van der Waals surface area contributed by atoms with Gasteiger partial charge in [0.2, 0.25) is 0 Å². The maximum Gasteiger partial charge on any atom is 0.176 e.